The van der Waals surface area contributed by atoms with Crippen LogP contribution in [0, 0.1) is 17.8 Å². The van der Waals surface area contributed by atoms with Gasteiger partial charge in [0.15, 0.2) is 0 Å². The fourth-order valence-corrected chi connectivity index (χ4v) is 2.71. The van der Waals surface area contributed by atoms with Crippen molar-refractivity contribution in [1.82, 2.24) is 4.72 Å². The van der Waals surface area contributed by atoms with Crippen LogP contribution in [0.5, 0.6) is 0 Å². The largest absolute Gasteiger partial charge is 0.384 e. The molecule has 0 bridgehead atoms. The highest BCUT2D eigenvalue weighted by Crippen LogP contribution is 2.10. The third-order valence-electron chi connectivity index (χ3n) is 2.57. The Morgan fingerprint density at radius 3 is 2.55 bits per heavy atom. The van der Waals surface area contributed by atoms with Gasteiger partial charge in [0.2, 0.25) is 10.0 Å². The number of nitrogens with one attached hydrogen (secondary N) is 1. The molecule has 3 N–H and O–H groups in total. The number of hydrogen-bond acceptors (Lipinski definition) is 4. The fraction of sp³-hybridized carbons (Fsp3) is 0.429. The van der Waals surface area contributed by atoms with E-state index in [9.17, 15) is 8.42 Å². The number of benzene rings is 1. The molecule has 110 valence electrons. The zero-order valence-electron chi connectivity index (χ0n) is 11.7. The lowest BCUT2D eigenvalue weighted by molar-refractivity contribution is 0.161. The summed E-state index contributed by atoms with van der Waals surface area (Å²) >= 11 is 0. The molecule has 0 aliphatic heterocycles. The summed E-state index contributed by atoms with van der Waals surface area (Å²) < 4.78 is 31.6. The van der Waals surface area contributed by atoms with E-state index < -0.39 is 10.0 Å². The Balaban J connectivity index is 2.72. The molecule has 20 heavy (non-hydrogen) atoms. The maximum Gasteiger partial charge on any atom is 0.240 e. The first-order chi connectivity index (χ1) is 9.49. The summed E-state index contributed by atoms with van der Waals surface area (Å²) in [5.74, 6) is 5.67. The monoisotopic (exact) mass is 296 g/mol. The van der Waals surface area contributed by atoms with Crippen LogP contribution >= 0.6 is 0 Å². The van der Waals surface area contributed by atoms with Gasteiger partial charge in [-0.1, -0.05) is 18.8 Å². The van der Waals surface area contributed by atoms with Gasteiger partial charge in [0, 0.05) is 25.8 Å². The van der Waals surface area contributed by atoms with Crippen molar-refractivity contribution >= 4 is 10.0 Å². The number of nitrogens with two attached hydrogens (primary N) is 1. The van der Waals surface area contributed by atoms with E-state index in [1.165, 1.54) is 12.1 Å². The minimum absolute atomic E-state index is 0.115. The van der Waals surface area contributed by atoms with E-state index in [4.69, 9.17) is 10.5 Å². The van der Waals surface area contributed by atoms with Crippen LogP contribution in [0.1, 0.15) is 12.5 Å². The molecule has 0 saturated carbocycles. The molecule has 1 rings (SSSR count). The molecular weight excluding hydrogens is 276 g/mol. The van der Waals surface area contributed by atoms with Gasteiger partial charge in [-0.15, -0.1) is 0 Å². The standard InChI is InChI=1S/C14H20N2O3S/c1-12(11-19-2)10-16-20(17,18)14-7-5-13(6-8-14)4-3-9-15/h5-8,12,16H,9-11,15H2,1-2H3. The van der Waals surface area contributed by atoms with Gasteiger partial charge in [0.1, 0.15) is 0 Å². The highest BCUT2D eigenvalue weighted by atomic mass is 32.2. The first-order valence-electron chi connectivity index (χ1n) is 6.27. The second kappa shape index (κ2) is 8.02. The Labute approximate surface area is 120 Å². The summed E-state index contributed by atoms with van der Waals surface area (Å²) in [6.07, 6.45) is 0. The van der Waals surface area contributed by atoms with E-state index in [0.29, 0.717) is 13.2 Å². The van der Waals surface area contributed by atoms with Gasteiger partial charge in [-0.25, -0.2) is 13.1 Å². The number of ether oxygens (including phenoxy) is 1. The quantitative estimate of drug-likeness (QED) is 0.752. The first-order valence-corrected chi connectivity index (χ1v) is 7.75. The van der Waals surface area contributed by atoms with Gasteiger partial charge < -0.3 is 10.5 Å². The minimum atomic E-state index is -3.49. The minimum Gasteiger partial charge on any atom is -0.384 e. The summed E-state index contributed by atoms with van der Waals surface area (Å²) in [5.41, 5.74) is 6.02. The summed E-state index contributed by atoms with van der Waals surface area (Å²) in [5, 5.41) is 0. The van der Waals surface area contributed by atoms with Crippen LogP contribution in [-0.4, -0.2) is 35.2 Å². The van der Waals surface area contributed by atoms with Crippen molar-refractivity contribution in [2.24, 2.45) is 11.7 Å². The van der Waals surface area contributed by atoms with E-state index in [1.807, 2.05) is 6.92 Å². The van der Waals surface area contributed by atoms with Crippen LogP contribution in [-0.2, 0) is 14.8 Å². The van der Waals surface area contributed by atoms with Crippen molar-refractivity contribution in [1.29, 1.82) is 0 Å². The molecule has 0 aliphatic rings. The third kappa shape index (κ3) is 5.31. The van der Waals surface area contributed by atoms with E-state index in [2.05, 4.69) is 16.6 Å². The second-order valence-electron chi connectivity index (χ2n) is 4.44. The van der Waals surface area contributed by atoms with Gasteiger partial charge >= 0.3 is 0 Å². The van der Waals surface area contributed by atoms with Crippen LogP contribution in [0.2, 0.25) is 0 Å². The predicted molar refractivity (Wildman–Crippen MR) is 78.6 cm³/mol. The van der Waals surface area contributed by atoms with Crippen molar-refractivity contribution in [3.8, 4) is 11.8 Å². The molecule has 5 nitrogen and oxygen atoms in total. The Hall–Kier alpha value is -1.39. The SMILES string of the molecule is COCC(C)CNS(=O)(=O)c1ccc(C#CCN)cc1. The van der Waals surface area contributed by atoms with E-state index in [1.54, 1.807) is 19.2 Å². The number of methoxy groups -OCH3 is 1. The molecular formula is C14H20N2O3S. The van der Waals surface area contributed by atoms with Gasteiger partial charge in [0.05, 0.1) is 11.4 Å². The predicted octanol–water partition coefficient (Wildman–Crippen LogP) is 0.558. The van der Waals surface area contributed by atoms with Gasteiger partial charge in [-0.2, -0.15) is 0 Å². The normalized spacial score (nSPS) is 12.6. The zero-order valence-corrected chi connectivity index (χ0v) is 12.5. The molecule has 1 aromatic rings. The molecule has 1 unspecified atom stereocenters. The maximum absolute atomic E-state index is 12.1. The lowest BCUT2D eigenvalue weighted by atomic mass is 10.2. The van der Waals surface area contributed by atoms with Gasteiger partial charge in [-0.05, 0) is 30.2 Å². The van der Waals surface area contributed by atoms with Gasteiger partial charge in [0.25, 0.3) is 0 Å². The molecule has 0 aliphatic carbocycles. The summed E-state index contributed by atoms with van der Waals surface area (Å²) in [6, 6.07) is 6.39. The van der Waals surface area contributed by atoms with E-state index in [0.717, 1.165) is 5.56 Å². The van der Waals surface area contributed by atoms with Crippen LogP contribution in [0.25, 0.3) is 0 Å². The van der Waals surface area contributed by atoms with Crippen LogP contribution < -0.4 is 10.5 Å². The molecule has 0 aromatic heterocycles. The lowest BCUT2D eigenvalue weighted by Gasteiger charge is -2.12. The Bertz CT molecular complexity index is 571. The molecule has 0 heterocycles. The van der Waals surface area contributed by atoms with Crippen molar-refractivity contribution in [2.45, 2.75) is 11.8 Å². The second-order valence-corrected chi connectivity index (χ2v) is 6.21. The first kappa shape index (κ1) is 16.7. The van der Waals surface area contributed by atoms with Crippen molar-refractivity contribution in [3.63, 3.8) is 0 Å². The fourth-order valence-electron chi connectivity index (χ4n) is 1.55. The number of rotatable bonds is 6. The molecule has 6 heteroatoms. The highest BCUT2D eigenvalue weighted by molar-refractivity contribution is 7.89. The molecule has 0 fully saturated rings. The topological polar surface area (TPSA) is 81.4 Å². The maximum atomic E-state index is 12.1. The summed E-state index contributed by atoms with van der Waals surface area (Å²) in [4.78, 5) is 0.223. The molecule has 0 amide bonds. The Kier molecular flexibility index (Phi) is 6.68. The Morgan fingerprint density at radius 2 is 2.00 bits per heavy atom. The van der Waals surface area contributed by atoms with Crippen molar-refractivity contribution in [3.05, 3.63) is 29.8 Å². The Morgan fingerprint density at radius 1 is 1.35 bits per heavy atom. The van der Waals surface area contributed by atoms with Crippen LogP contribution in [0.3, 0.4) is 0 Å². The molecule has 1 atom stereocenters. The summed E-state index contributed by atoms with van der Waals surface area (Å²) in [6.45, 7) is 3.04. The third-order valence-corrected chi connectivity index (χ3v) is 4.01. The van der Waals surface area contributed by atoms with Crippen molar-refractivity contribution < 1.29 is 13.2 Å². The van der Waals surface area contributed by atoms with E-state index in [-0.39, 0.29) is 17.4 Å². The van der Waals surface area contributed by atoms with Gasteiger partial charge in [-0.3, -0.25) is 0 Å². The number of sulfonamides is 1. The zero-order chi connectivity index (χ0) is 15.0. The highest BCUT2D eigenvalue weighted by Gasteiger charge is 2.14. The van der Waals surface area contributed by atoms with Crippen molar-refractivity contribution in [2.75, 3.05) is 26.8 Å². The molecule has 0 spiro atoms. The average Bonchev–Trinajstić information content (AvgIpc) is 2.44. The van der Waals surface area contributed by atoms with Crippen LogP contribution in [0.15, 0.2) is 29.2 Å². The van der Waals surface area contributed by atoms with Crippen LogP contribution in [0.4, 0.5) is 0 Å². The average molecular weight is 296 g/mol. The molecule has 0 radical (unpaired) electrons. The summed E-state index contributed by atoms with van der Waals surface area (Å²) in [7, 11) is -1.90. The smallest absolute Gasteiger partial charge is 0.240 e. The number of hydrogen-bond donors (Lipinski definition) is 2. The lowest BCUT2D eigenvalue weighted by Crippen LogP contribution is -2.30. The van der Waals surface area contributed by atoms with E-state index >= 15 is 0 Å². The molecule has 1 aromatic carbocycles. The molecule has 0 saturated heterocycles.